The lowest BCUT2D eigenvalue weighted by molar-refractivity contribution is 0.190. The third-order valence-corrected chi connectivity index (χ3v) is 4.05. The van der Waals surface area contributed by atoms with Crippen molar-refractivity contribution in [3.63, 3.8) is 0 Å². The first kappa shape index (κ1) is 13.5. The highest BCUT2D eigenvalue weighted by Crippen LogP contribution is 2.15. The van der Waals surface area contributed by atoms with E-state index in [1.54, 1.807) is 0 Å². The van der Waals surface area contributed by atoms with Gasteiger partial charge in [-0.1, -0.05) is 6.92 Å². The van der Waals surface area contributed by atoms with E-state index < -0.39 is 0 Å². The van der Waals surface area contributed by atoms with Gasteiger partial charge in [0.05, 0.1) is 6.54 Å². The minimum absolute atomic E-state index is 0.821. The third kappa shape index (κ3) is 3.29. The molecule has 102 valence electrons. The number of aryl methyl sites for hydroxylation is 1. The Morgan fingerprint density at radius 3 is 2.56 bits per heavy atom. The van der Waals surface area contributed by atoms with Gasteiger partial charge in [0.15, 0.2) is 0 Å². The smallest absolute Gasteiger partial charge is 0.146 e. The van der Waals surface area contributed by atoms with Crippen molar-refractivity contribution in [2.24, 2.45) is 13.0 Å². The monoisotopic (exact) mass is 251 g/mol. The summed E-state index contributed by atoms with van der Waals surface area (Å²) in [7, 11) is 2.02. The summed E-state index contributed by atoms with van der Waals surface area (Å²) in [4.78, 5) is 2.53. The highest BCUT2D eigenvalue weighted by molar-refractivity contribution is 4.92. The van der Waals surface area contributed by atoms with Crippen molar-refractivity contribution in [3.05, 3.63) is 11.6 Å². The van der Waals surface area contributed by atoms with Crippen LogP contribution in [0.3, 0.4) is 0 Å². The van der Waals surface area contributed by atoms with E-state index in [-0.39, 0.29) is 0 Å². The first-order chi connectivity index (χ1) is 8.70. The number of likely N-dealkylation sites (tertiary alicyclic amines) is 1. The molecule has 0 amide bonds. The van der Waals surface area contributed by atoms with E-state index in [9.17, 15) is 0 Å². The molecule has 0 radical (unpaired) electrons. The second kappa shape index (κ2) is 6.29. The molecule has 1 fully saturated rings. The molecular formula is C13H25N5. The summed E-state index contributed by atoms with van der Waals surface area (Å²) in [5, 5.41) is 11.8. The zero-order valence-electron chi connectivity index (χ0n) is 11.8. The molecule has 0 saturated carbocycles. The topological polar surface area (TPSA) is 46.0 Å². The molecule has 18 heavy (non-hydrogen) atoms. The van der Waals surface area contributed by atoms with Crippen molar-refractivity contribution in [1.82, 2.24) is 25.0 Å². The lowest BCUT2D eigenvalue weighted by atomic mass is 9.97. The highest BCUT2D eigenvalue weighted by atomic mass is 15.3. The van der Waals surface area contributed by atoms with Crippen LogP contribution < -0.4 is 5.32 Å². The van der Waals surface area contributed by atoms with Gasteiger partial charge in [-0.25, -0.2) is 0 Å². The second-order valence-electron chi connectivity index (χ2n) is 5.23. The van der Waals surface area contributed by atoms with Crippen molar-refractivity contribution < 1.29 is 0 Å². The maximum atomic E-state index is 4.17. The van der Waals surface area contributed by atoms with Crippen LogP contribution in [0.4, 0.5) is 0 Å². The van der Waals surface area contributed by atoms with Gasteiger partial charge >= 0.3 is 0 Å². The number of rotatable bonds is 5. The summed E-state index contributed by atoms with van der Waals surface area (Å²) in [5.74, 6) is 2.82. The zero-order valence-corrected chi connectivity index (χ0v) is 11.8. The van der Waals surface area contributed by atoms with E-state index in [0.717, 1.165) is 30.7 Å². The largest absolute Gasteiger partial charge is 0.317 e. The maximum Gasteiger partial charge on any atom is 0.146 e. The summed E-state index contributed by atoms with van der Waals surface area (Å²) in [5.41, 5.74) is 0. The van der Waals surface area contributed by atoms with Crippen molar-refractivity contribution >= 4 is 0 Å². The molecule has 2 heterocycles. The van der Waals surface area contributed by atoms with Crippen LogP contribution in [0.1, 0.15) is 31.4 Å². The molecule has 1 aromatic heterocycles. The Labute approximate surface area is 110 Å². The number of piperidine rings is 1. The lowest BCUT2D eigenvalue weighted by Gasteiger charge is -2.31. The molecule has 5 heteroatoms. The lowest BCUT2D eigenvalue weighted by Crippen LogP contribution is -2.37. The minimum Gasteiger partial charge on any atom is -0.317 e. The normalized spacial score (nSPS) is 18.4. The summed E-state index contributed by atoms with van der Waals surface area (Å²) in [6.45, 7) is 9.86. The van der Waals surface area contributed by atoms with Crippen LogP contribution in [0.25, 0.3) is 0 Å². The molecule has 0 aromatic carbocycles. The van der Waals surface area contributed by atoms with Gasteiger partial charge in [-0.05, 0) is 51.9 Å². The van der Waals surface area contributed by atoms with E-state index in [4.69, 9.17) is 0 Å². The average Bonchev–Trinajstić information content (AvgIpc) is 2.71. The van der Waals surface area contributed by atoms with Gasteiger partial charge in [0.1, 0.15) is 11.6 Å². The Kier molecular flexibility index (Phi) is 4.72. The number of nitrogens with one attached hydrogen (secondary N) is 1. The Hall–Kier alpha value is -0.940. The summed E-state index contributed by atoms with van der Waals surface area (Å²) in [6.07, 6.45) is 2.64. The molecule has 0 unspecified atom stereocenters. The van der Waals surface area contributed by atoms with Gasteiger partial charge in [0.2, 0.25) is 0 Å². The quantitative estimate of drug-likeness (QED) is 0.846. The SMILES string of the molecule is CCN1CCC(CNCc2nnc(C)n2C)CC1. The highest BCUT2D eigenvalue weighted by Gasteiger charge is 2.17. The van der Waals surface area contributed by atoms with E-state index >= 15 is 0 Å². The molecule has 0 atom stereocenters. The van der Waals surface area contributed by atoms with E-state index in [2.05, 4.69) is 27.3 Å². The fraction of sp³-hybridized carbons (Fsp3) is 0.846. The molecule has 1 saturated heterocycles. The van der Waals surface area contributed by atoms with Crippen LogP contribution in [0.5, 0.6) is 0 Å². The van der Waals surface area contributed by atoms with Gasteiger partial charge in [-0.3, -0.25) is 0 Å². The number of nitrogens with zero attached hydrogens (tertiary/aromatic N) is 4. The minimum atomic E-state index is 0.821. The molecule has 1 aliphatic heterocycles. The Morgan fingerprint density at radius 1 is 1.28 bits per heavy atom. The maximum absolute atomic E-state index is 4.17. The van der Waals surface area contributed by atoms with E-state index in [1.165, 1.54) is 32.5 Å². The van der Waals surface area contributed by atoms with Crippen LogP contribution in [0.2, 0.25) is 0 Å². The van der Waals surface area contributed by atoms with Crippen molar-refractivity contribution in [1.29, 1.82) is 0 Å². The fourth-order valence-electron chi connectivity index (χ4n) is 2.50. The van der Waals surface area contributed by atoms with Gasteiger partial charge < -0.3 is 14.8 Å². The average molecular weight is 251 g/mol. The Balaban J connectivity index is 1.68. The van der Waals surface area contributed by atoms with E-state index in [0.29, 0.717) is 0 Å². The predicted octanol–water partition coefficient (Wildman–Crippen LogP) is 0.945. The second-order valence-corrected chi connectivity index (χ2v) is 5.23. The van der Waals surface area contributed by atoms with E-state index in [1.807, 2.05) is 18.5 Å². The van der Waals surface area contributed by atoms with Crippen LogP contribution in [0.15, 0.2) is 0 Å². The molecule has 1 aliphatic rings. The van der Waals surface area contributed by atoms with Crippen molar-refractivity contribution in [3.8, 4) is 0 Å². The molecule has 1 N–H and O–H groups in total. The molecular weight excluding hydrogens is 226 g/mol. The first-order valence-electron chi connectivity index (χ1n) is 6.98. The van der Waals surface area contributed by atoms with Crippen LogP contribution in [-0.2, 0) is 13.6 Å². The number of aromatic nitrogens is 3. The molecule has 5 nitrogen and oxygen atoms in total. The third-order valence-electron chi connectivity index (χ3n) is 4.05. The summed E-state index contributed by atoms with van der Waals surface area (Å²) < 4.78 is 2.05. The summed E-state index contributed by atoms with van der Waals surface area (Å²) in [6, 6.07) is 0. The van der Waals surface area contributed by atoms with Gasteiger partial charge in [-0.2, -0.15) is 0 Å². The molecule has 0 aliphatic carbocycles. The van der Waals surface area contributed by atoms with Crippen LogP contribution in [-0.4, -0.2) is 45.8 Å². The number of hydrogen-bond donors (Lipinski definition) is 1. The van der Waals surface area contributed by atoms with Gasteiger partial charge in [0.25, 0.3) is 0 Å². The zero-order chi connectivity index (χ0) is 13.0. The Bertz CT molecular complexity index is 365. The van der Waals surface area contributed by atoms with Gasteiger partial charge in [-0.15, -0.1) is 10.2 Å². The van der Waals surface area contributed by atoms with Gasteiger partial charge in [0, 0.05) is 7.05 Å². The van der Waals surface area contributed by atoms with Crippen molar-refractivity contribution in [2.45, 2.75) is 33.2 Å². The molecule has 1 aromatic rings. The number of hydrogen-bond acceptors (Lipinski definition) is 4. The molecule has 0 spiro atoms. The standard InChI is InChI=1S/C13H25N5/c1-4-18-7-5-12(6-8-18)9-14-10-13-16-15-11(2)17(13)3/h12,14H,4-10H2,1-3H3. The predicted molar refractivity (Wildman–Crippen MR) is 72.3 cm³/mol. The molecule has 2 rings (SSSR count). The summed E-state index contributed by atoms with van der Waals surface area (Å²) >= 11 is 0. The Morgan fingerprint density at radius 2 is 2.00 bits per heavy atom. The first-order valence-corrected chi connectivity index (χ1v) is 6.98. The van der Waals surface area contributed by atoms with Crippen molar-refractivity contribution in [2.75, 3.05) is 26.2 Å². The van der Waals surface area contributed by atoms with Crippen LogP contribution >= 0.6 is 0 Å². The molecule has 0 bridgehead atoms. The fourth-order valence-corrected chi connectivity index (χ4v) is 2.50. The van der Waals surface area contributed by atoms with Crippen LogP contribution in [0, 0.1) is 12.8 Å².